The molecule has 0 heterocycles. The molecule has 1 N–H and O–H groups in total. The second-order valence-electron chi connectivity index (χ2n) is 6.72. The zero-order valence-corrected chi connectivity index (χ0v) is 15.0. The lowest BCUT2D eigenvalue weighted by Crippen LogP contribution is -2.13. The Bertz CT molecular complexity index is 805. The average Bonchev–Trinajstić information content (AvgIpc) is 2.60. The highest BCUT2D eigenvalue weighted by Crippen LogP contribution is 2.23. The van der Waals surface area contributed by atoms with Crippen molar-refractivity contribution >= 4 is 17.7 Å². The molecule has 2 rings (SSSR count). The van der Waals surface area contributed by atoms with Gasteiger partial charge in [-0.25, -0.2) is 0 Å². The third-order valence-electron chi connectivity index (χ3n) is 3.80. The van der Waals surface area contributed by atoms with Gasteiger partial charge in [-0.05, 0) is 46.9 Å². The molecule has 0 atom stereocenters. The van der Waals surface area contributed by atoms with Crippen LogP contribution in [0.25, 0.3) is 6.08 Å². The van der Waals surface area contributed by atoms with Gasteiger partial charge in [0.05, 0.1) is 7.11 Å². The van der Waals surface area contributed by atoms with Gasteiger partial charge in [0.15, 0.2) is 0 Å². The van der Waals surface area contributed by atoms with Crippen LogP contribution in [0.3, 0.4) is 0 Å². The maximum Gasteiger partial charge on any atom is 0.266 e. The van der Waals surface area contributed by atoms with Crippen molar-refractivity contribution in [2.24, 2.45) is 0 Å². The van der Waals surface area contributed by atoms with E-state index in [-0.39, 0.29) is 11.0 Å². The minimum absolute atomic E-state index is 0.0549. The molecule has 0 saturated carbocycles. The summed E-state index contributed by atoms with van der Waals surface area (Å²) in [7, 11) is 1.58. The normalized spacial score (nSPS) is 11.6. The van der Waals surface area contributed by atoms with Crippen molar-refractivity contribution in [3.05, 3.63) is 65.2 Å². The van der Waals surface area contributed by atoms with Gasteiger partial charge < -0.3 is 10.1 Å². The average molecular weight is 334 g/mol. The van der Waals surface area contributed by atoms with Crippen LogP contribution in [-0.2, 0) is 10.2 Å². The molecule has 0 fully saturated rings. The number of nitriles is 1. The first-order valence-electron chi connectivity index (χ1n) is 8.01. The van der Waals surface area contributed by atoms with Crippen LogP contribution in [0, 0.1) is 11.3 Å². The predicted molar refractivity (Wildman–Crippen MR) is 100 cm³/mol. The minimum Gasteiger partial charge on any atom is -0.497 e. The number of anilines is 1. The van der Waals surface area contributed by atoms with Gasteiger partial charge in [-0.2, -0.15) is 5.26 Å². The maximum atomic E-state index is 12.3. The van der Waals surface area contributed by atoms with Crippen LogP contribution >= 0.6 is 0 Å². The number of carbonyl (C=O) groups excluding carboxylic acids is 1. The second-order valence-corrected chi connectivity index (χ2v) is 6.72. The van der Waals surface area contributed by atoms with Gasteiger partial charge in [-0.3, -0.25) is 4.79 Å². The molecule has 0 radical (unpaired) electrons. The van der Waals surface area contributed by atoms with Gasteiger partial charge in [0.2, 0.25) is 0 Å². The fraction of sp³-hybridized carbons (Fsp3) is 0.238. The number of nitrogens with one attached hydrogen (secondary N) is 1. The van der Waals surface area contributed by atoms with Crippen molar-refractivity contribution in [3.63, 3.8) is 0 Å². The molecule has 4 nitrogen and oxygen atoms in total. The lowest BCUT2D eigenvalue weighted by molar-refractivity contribution is -0.112. The van der Waals surface area contributed by atoms with Crippen LogP contribution < -0.4 is 10.1 Å². The summed E-state index contributed by atoms with van der Waals surface area (Å²) in [5.41, 5.74) is 2.74. The first-order valence-corrected chi connectivity index (χ1v) is 8.01. The van der Waals surface area contributed by atoms with Crippen molar-refractivity contribution in [1.29, 1.82) is 5.26 Å². The Balaban J connectivity index is 2.15. The standard InChI is InChI=1S/C21H22N2O2/c1-21(2,3)17-7-5-15(6-8-17)13-16(14-22)20(24)23-18-9-11-19(25-4)12-10-18/h5-13H,1-4H3,(H,23,24)/b16-13+. The lowest BCUT2D eigenvalue weighted by atomic mass is 9.86. The van der Waals surface area contributed by atoms with Crippen molar-refractivity contribution < 1.29 is 9.53 Å². The Morgan fingerprint density at radius 2 is 1.68 bits per heavy atom. The number of ether oxygens (including phenoxy) is 1. The highest BCUT2D eigenvalue weighted by Gasteiger charge is 2.13. The molecule has 0 saturated heterocycles. The second kappa shape index (κ2) is 7.67. The molecule has 2 aromatic rings. The summed E-state index contributed by atoms with van der Waals surface area (Å²) in [6.07, 6.45) is 1.59. The van der Waals surface area contributed by atoms with Crippen LogP contribution in [0.4, 0.5) is 5.69 Å². The number of nitrogens with zero attached hydrogens (tertiary/aromatic N) is 1. The topological polar surface area (TPSA) is 62.1 Å². The molecule has 0 spiro atoms. The molecule has 0 aromatic heterocycles. The maximum absolute atomic E-state index is 12.3. The molecular weight excluding hydrogens is 312 g/mol. The summed E-state index contributed by atoms with van der Waals surface area (Å²) < 4.78 is 5.08. The molecule has 0 aliphatic carbocycles. The first kappa shape index (κ1) is 18.3. The lowest BCUT2D eigenvalue weighted by Gasteiger charge is -2.18. The Morgan fingerprint density at radius 1 is 1.08 bits per heavy atom. The molecule has 4 heteroatoms. The van der Waals surface area contributed by atoms with Crippen LogP contribution in [0.15, 0.2) is 54.1 Å². The van der Waals surface area contributed by atoms with E-state index in [0.29, 0.717) is 11.4 Å². The number of hydrogen-bond donors (Lipinski definition) is 1. The third kappa shape index (κ3) is 4.95. The largest absolute Gasteiger partial charge is 0.497 e. The van der Waals surface area contributed by atoms with Gasteiger partial charge in [0.25, 0.3) is 5.91 Å². The summed E-state index contributed by atoms with van der Waals surface area (Å²) in [5, 5.41) is 12.0. The fourth-order valence-corrected chi connectivity index (χ4v) is 2.27. The monoisotopic (exact) mass is 334 g/mol. The summed E-state index contributed by atoms with van der Waals surface area (Å²) in [6, 6.07) is 16.8. The summed E-state index contributed by atoms with van der Waals surface area (Å²) in [5.74, 6) is 0.264. The van der Waals surface area contributed by atoms with E-state index in [1.165, 1.54) is 5.56 Å². The number of carbonyl (C=O) groups is 1. The van der Waals surface area contributed by atoms with E-state index in [0.717, 1.165) is 5.56 Å². The Hall–Kier alpha value is -3.06. The Morgan fingerprint density at radius 3 is 2.16 bits per heavy atom. The Labute approximate surface area is 148 Å². The molecule has 1 amide bonds. The van der Waals surface area contributed by atoms with E-state index in [2.05, 4.69) is 26.1 Å². The quantitative estimate of drug-likeness (QED) is 0.659. The van der Waals surface area contributed by atoms with Gasteiger partial charge in [0.1, 0.15) is 17.4 Å². The number of hydrogen-bond acceptors (Lipinski definition) is 3. The summed E-state index contributed by atoms with van der Waals surface area (Å²) in [4.78, 5) is 12.3. The third-order valence-corrected chi connectivity index (χ3v) is 3.80. The first-order chi connectivity index (χ1) is 11.8. The van der Waals surface area contributed by atoms with Crippen molar-refractivity contribution in [3.8, 4) is 11.8 Å². The highest BCUT2D eigenvalue weighted by atomic mass is 16.5. The van der Waals surface area contributed by atoms with Crippen LogP contribution in [0.5, 0.6) is 5.75 Å². The predicted octanol–water partition coefficient (Wildman–Crippen LogP) is 4.54. The van der Waals surface area contributed by atoms with Crippen LogP contribution in [-0.4, -0.2) is 13.0 Å². The molecule has 25 heavy (non-hydrogen) atoms. The molecule has 0 bridgehead atoms. The Kier molecular flexibility index (Phi) is 5.61. The SMILES string of the molecule is COc1ccc(NC(=O)/C(C#N)=C/c2ccc(C(C)(C)C)cc2)cc1. The number of rotatable bonds is 4. The van der Waals surface area contributed by atoms with Crippen molar-refractivity contribution in [2.75, 3.05) is 12.4 Å². The summed E-state index contributed by atoms with van der Waals surface area (Å²) in [6.45, 7) is 6.42. The molecule has 2 aromatic carbocycles. The van der Waals surface area contributed by atoms with Crippen molar-refractivity contribution in [2.45, 2.75) is 26.2 Å². The van der Waals surface area contributed by atoms with E-state index < -0.39 is 5.91 Å². The van der Waals surface area contributed by atoms with Gasteiger partial charge in [0, 0.05) is 5.69 Å². The molecule has 0 unspecified atom stereocenters. The van der Waals surface area contributed by atoms with E-state index >= 15 is 0 Å². The van der Waals surface area contributed by atoms with Gasteiger partial charge in [-0.1, -0.05) is 45.0 Å². The highest BCUT2D eigenvalue weighted by molar-refractivity contribution is 6.09. The van der Waals surface area contributed by atoms with E-state index in [1.807, 2.05) is 30.3 Å². The van der Waals surface area contributed by atoms with E-state index in [9.17, 15) is 10.1 Å². The number of amides is 1. The van der Waals surface area contributed by atoms with E-state index in [1.54, 1.807) is 37.5 Å². The smallest absolute Gasteiger partial charge is 0.266 e. The van der Waals surface area contributed by atoms with Gasteiger partial charge in [-0.15, -0.1) is 0 Å². The molecule has 0 aliphatic heterocycles. The fourth-order valence-electron chi connectivity index (χ4n) is 2.27. The molecular formula is C21H22N2O2. The van der Waals surface area contributed by atoms with Gasteiger partial charge >= 0.3 is 0 Å². The summed E-state index contributed by atoms with van der Waals surface area (Å²) >= 11 is 0. The zero-order chi connectivity index (χ0) is 18.4. The zero-order valence-electron chi connectivity index (χ0n) is 15.0. The van der Waals surface area contributed by atoms with E-state index in [4.69, 9.17) is 4.74 Å². The van der Waals surface area contributed by atoms with Crippen LogP contribution in [0.1, 0.15) is 31.9 Å². The van der Waals surface area contributed by atoms with Crippen LogP contribution in [0.2, 0.25) is 0 Å². The number of methoxy groups -OCH3 is 1. The molecule has 0 aliphatic rings. The number of benzene rings is 2. The molecule has 128 valence electrons. The van der Waals surface area contributed by atoms with Crippen molar-refractivity contribution in [1.82, 2.24) is 0 Å². The minimum atomic E-state index is -0.437.